The summed E-state index contributed by atoms with van der Waals surface area (Å²) in [6.07, 6.45) is 3.87. The molecule has 0 aromatic carbocycles. The summed E-state index contributed by atoms with van der Waals surface area (Å²) in [5, 5.41) is 21.0. The second-order valence-electron chi connectivity index (χ2n) is 4.30. The molecule has 0 saturated carbocycles. The van der Waals surface area contributed by atoms with Crippen LogP contribution in [-0.2, 0) is 22.4 Å². The monoisotopic (exact) mass is 276 g/mol. The summed E-state index contributed by atoms with van der Waals surface area (Å²) < 4.78 is 0. The summed E-state index contributed by atoms with van der Waals surface area (Å²) in [7, 11) is 0. The summed E-state index contributed by atoms with van der Waals surface area (Å²) in [6, 6.07) is 2.12. The second-order valence-corrected chi connectivity index (χ2v) is 5.40. The van der Waals surface area contributed by atoms with Crippen LogP contribution in [0.2, 0.25) is 0 Å². The summed E-state index contributed by atoms with van der Waals surface area (Å²) >= 11 is 1.41. The lowest BCUT2D eigenvalue weighted by Gasteiger charge is -2.00. The van der Waals surface area contributed by atoms with E-state index in [1.807, 2.05) is 0 Å². The maximum absolute atomic E-state index is 11.7. The van der Waals surface area contributed by atoms with Crippen LogP contribution >= 0.6 is 11.3 Å². The molecule has 2 rings (SSSR count). The first-order chi connectivity index (χ1) is 9.02. The zero-order valence-electron chi connectivity index (χ0n) is 10.3. The molecule has 0 unspecified atom stereocenters. The standard InChI is InChI=1S/C13H12N2O3S/c1-7(13(17)18)5-11(16)15-12-9(6-14)8-3-2-4-10(8)19-12/h5H,2-4H2,1H3,(H,15,16)(H,17,18)/b7-5+. The Morgan fingerprint density at radius 2 is 2.21 bits per heavy atom. The minimum absolute atomic E-state index is 0.0416. The number of carboxylic acid groups (broad SMARTS) is 1. The van der Waals surface area contributed by atoms with Gasteiger partial charge in [-0.2, -0.15) is 5.26 Å². The molecule has 6 heteroatoms. The Morgan fingerprint density at radius 1 is 1.47 bits per heavy atom. The van der Waals surface area contributed by atoms with Crippen LogP contribution in [0.25, 0.3) is 0 Å². The Bertz CT molecular complexity index is 623. The molecule has 2 N–H and O–H groups in total. The highest BCUT2D eigenvalue weighted by Crippen LogP contribution is 2.38. The molecule has 0 spiro atoms. The van der Waals surface area contributed by atoms with Crippen LogP contribution in [0, 0.1) is 11.3 Å². The fourth-order valence-corrected chi connectivity index (χ4v) is 3.26. The van der Waals surface area contributed by atoms with E-state index in [9.17, 15) is 9.59 Å². The van der Waals surface area contributed by atoms with Crippen molar-refractivity contribution in [2.75, 3.05) is 5.32 Å². The molecule has 0 bridgehead atoms. The number of nitrogens with zero attached hydrogens (tertiary/aromatic N) is 1. The van der Waals surface area contributed by atoms with E-state index in [4.69, 9.17) is 10.4 Å². The van der Waals surface area contributed by atoms with E-state index >= 15 is 0 Å². The van der Waals surface area contributed by atoms with E-state index in [0.29, 0.717) is 10.6 Å². The molecular formula is C13H12N2O3S. The van der Waals surface area contributed by atoms with Gasteiger partial charge in [0.25, 0.3) is 0 Å². The molecule has 19 heavy (non-hydrogen) atoms. The van der Waals surface area contributed by atoms with E-state index < -0.39 is 11.9 Å². The number of aliphatic carboxylic acids is 1. The Morgan fingerprint density at radius 3 is 2.84 bits per heavy atom. The number of hydrogen-bond donors (Lipinski definition) is 2. The van der Waals surface area contributed by atoms with Crippen LogP contribution in [0.15, 0.2) is 11.6 Å². The molecular weight excluding hydrogens is 264 g/mol. The third kappa shape index (κ3) is 2.66. The van der Waals surface area contributed by atoms with Gasteiger partial charge in [0, 0.05) is 16.5 Å². The highest BCUT2D eigenvalue weighted by Gasteiger charge is 2.22. The van der Waals surface area contributed by atoms with Gasteiger partial charge in [-0.3, -0.25) is 4.79 Å². The third-order valence-electron chi connectivity index (χ3n) is 2.95. The number of carboxylic acids is 1. The van der Waals surface area contributed by atoms with Gasteiger partial charge in [0.1, 0.15) is 11.1 Å². The van der Waals surface area contributed by atoms with Crippen molar-refractivity contribution in [3.63, 3.8) is 0 Å². The molecule has 1 aromatic heterocycles. The smallest absolute Gasteiger partial charge is 0.331 e. The molecule has 5 nitrogen and oxygen atoms in total. The van der Waals surface area contributed by atoms with Gasteiger partial charge in [-0.1, -0.05) is 0 Å². The molecule has 0 aliphatic heterocycles. The number of carbonyl (C=O) groups excluding carboxylic acids is 1. The topological polar surface area (TPSA) is 90.2 Å². The van der Waals surface area contributed by atoms with Gasteiger partial charge in [-0.05, 0) is 31.7 Å². The van der Waals surface area contributed by atoms with E-state index in [1.54, 1.807) is 0 Å². The number of hydrogen-bond acceptors (Lipinski definition) is 4. The van der Waals surface area contributed by atoms with Crippen LogP contribution in [0.5, 0.6) is 0 Å². The van der Waals surface area contributed by atoms with Gasteiger partial charge < -0.3 is 10.4 Å². The van der Waals surface area contributed by atoms with Crippen molar-refractivity contribution < 1.29 is 14.7 Å². The van der Waals surface area contributed by atoms with E-state index in [1.165, 1.54) is 18.3 Å². The Labute approximate surface area is 114 Å². The fraction of sp³-hybridized carbons (Fsp3) is 0.308. The van der Waals surface area contributed by atoms with E-state index in [0.717, 1.165) is 35.8 Å². The van der Waals surface area contributed by atoms with Gasteiger partial charge in [0.15, 0.2) is 0 Å². The number of nitrogens with one attached hydrogen (secondary N) is 1. The second kappa shape index (κ2) is 5.24. The molecule has 1 aromatic rings. The molecule has 0 fully saturated rings. The van der Waals surface area contributed by atoms with Crippen molar-refractivity contribution in [2.24, 2.45) is 0 Å². The number of rotatable bonds is 3. The zero-order chi connectivity index (χ0) is 14.0. The van der Waals surface area contributed by atoms with Crippen molar-refractivity contribution >= 4 is 28.2 Å². The maximum Gasteiger partial charge on any atom is 0.331 e. The third-order valence-corrected chi connectivity index (χ3v) is 4.16. The lowest BCUT2D eigenvalue weighted by atomic mass is 10.1. The predicted octanol–water partition coefficient (Wildman–Crippen LogP) is 2.08. The number of amides is 1. The van der Waals surface area contributed by atoms with Crippen LogP contribution in [-0.4, -0.2) is 17.0 Å². The molecule has 0 radical (unpaired) electrons. The van der Waals surface area contributed by atoms with Gasteiger partial charge in [0.2, 0.25) is 5.91 Å². The first-order valence-corrected chi connectivity index (χ1v) is 6.61. The van der Waals surface area contributed by atoms with Crippen molar-refractivity contribution in [3.05, 3.63) is 27.7 Å². The van der Waals surface area contributed by atoms with Crippen LogP contribution < -0.4 is 5.32 Å². The number of anilines is 1. The molecule has 1 amide bonds. The number of fused-ring (bicyclic) bond motifs is 1. The SMILES string of the molecule is C/C(=C\C(=O)Nc1sc2c(c1C#N)CCC2)C(=O)O. The predicted molar refractivity (Wildman–Crippen MR) is 71.1 cm³/mol. The van der Waals surface area contributed by atoms with Gasteiger partial charge in [-0.25, -0.2) is 4.79 Å². The summed E-state index contributed by atoms with van der Waals surface area (Å²) in [5.41, 5.74) is 1.51. The number of thiophene rings is 1. The lowest BCUT2D eigenvalue weighted by molar-refractivity contribution is -0.132. The lowest BCUT2D eigenvalue weighted by Crippen LogP contribution is -2.10. The van der Waals surface area contributed by atoms with Crippen molar-refractivity contribution in [1.29, 1.82) is 5.26 Å². The van der Waals surface area contributed by atoms with Crippen LogP contribution in [0.3, 0.4) is 0 Å². The highest BCUT2D eigenvalue weighted by atomic mass is 32.1. The van der Waals surface area contributed by atoms with Crippen LogP contribution in [0.4, 0.5) is 5.00 Å². The average Bonchev–Trinajstić information content (AvgIpc) is 2.88. The fourth-order valence-electron chi connectivity index (χ4n) is 2.02. The molecule has 1 aliphatic rings. The van der Waals surface area contributed by atoms with Gasteiger partial charge >= 0.3 is 5.97 Å². The Hall–Kier alpha value is -2.13. The summed E-state index contributed by atoms with van der Waals surface area (Å²) in [6.45, 7) is 1.35. The molecule has 98 valence electrons. The van der Waals surface area contributed by atoms with Crippen molar-refractivity contribution in [2.45, 2.75) is 26.2 Å². The van der Waals surface area contributed by atoms with Crippen molar-refractivity contribution in [1.82, 2.24) is 0 Å². The van der Waals surface area contributed by atoms with Crippen LogP contribution in [0.1, 0.15) is 29.3 Å². The molecule has 0 saturated heterocycles. The van der Waals surface area contributed by atoms with Gasteiger partial charge in [-0.15, -0.1) is 11.3 Å². The average molecular weight is 276 g/mol. The zero-order valence-corrected chi connectivity index (χ0v) is 11.1. The largest absolute Gasteiger partial charge is 0.478 e. The molecule has 0 atom stereocenters. The van der Waals surface area contributed by atoms with E-state index in [2.05, 4.69) is 11.4 Å². The minimum Gasteiger partial charge on any atom is -0.478 e. The first kappa shape index (κ1) is 13.3. The minimum atomic E-state index is -1.13. The van der Waals surface area contributed by atoms with E-state index in [-0.39, 0.29) is 5.57 Å². The normalized spacial score (nSPS) is 13.8. The Balaban J connectivity index is 2.21. The van der Waals surface area contributed by atoms with Crippen molar-refractivity contribution in [3.8, 4) is 6.07 Å². The Kier molecular flexibility index (Phi) is 3.67. The maximum atomic E-state index is 11.7. The quantitative estimate of drug-likeness (QED) is 0.827. The number of nitriles is 1. The van der Waals surface area contributed by atoms with Gasteiger partial charge in [0.05, 0.1) is 5.56 Å². The first-order valence-electron chi connectivity index (χ1n) is 5.80. The number of aryl methyl sites for hydroxylation is 1. The summed E-state index contributed by atoms with van der Waals surface area (Å²) in [4.78, 5) is 23.4. The number of carbonyl (C=O) groups is 2. The molecule has 1 heterocycles. The summed E-state index contributed by atoms with van der Waals surface area (Å²) in [5.74, 6) is -1.65. The highest BCUT2D eigenvalue weighted by molar-refractivity contribution is 7.16. The molecule has 1 aliphatic carbocycles.